The van der Waals surface area contributed by atoms with Crippen LogP contribution in [0.3, 0.4) is 0 Å². The third-order valence-corrected chi connectivity index (χ3v) is 7.52. The number of amides is 1. The van der Waals surface area contributed by atoms with Crippen LogP contribution in [0.5, 0.6) is 17.2 Å². The summed E-state index contributed by atoms with van der Waals surface area (Å²) < 4.78 is 11.5. The molecule has 4 aromatic rings. The number of carbonyl (C=O) groups is 2. The van der Waals surface area contributed by atoms with E-state index in [9.17, 15) is 14.7 Å². The van der Waals surface area contributed by atoms with Crippen molar-refractivity contribution in [3.8, 4) is 28.4 Å². The largest absolute Gasteiger partial charge is 0.493 e. The Morgan fingerprint density at radius 2 is 1.70 bits per heavy atom. The van der Waals surface area contributed by atoms with Crippen molar-refractivity contribution in [1.29, 1.82) is 0 Å². The van der Waals surface area contributed by atoms with E-state index in [1.54, 1.807) is 36.4 Å². The summed E-state index contributed by atoms with van der Waals surface area (Å²) in [5.74, 6) is -0.574. The predicted molar refractivity (Wildman–Crippen MR) is 156 cm³/mol. The van der Waals surface area contributed by atoms with E-state index in [0.29, 0.717) is 64.4 Å². The average molecular weight is 597 g/mol. The molecule has 1 aliphatic rings. The van der Waals surface area contributed by atoms with E-state index in [1.807, 2.05) is 42.5 Å². The Morgan fingerprint density at radius 3 is 2.45 bits per heavy atom. The van der Waals surface area contributed by atoms with Crippen LogP contribution < -0.4 is 14.8 Å². The molecule has 0 aliphatic carbocycles. The molecule has 1 aliphatic heterocycles. The van der Waals surface area contributed by atoms with Gasteiger partial charge in [0.2, 0.25) is 0 Å². The summed E-state index contributed by atoms with van der Waals surface area (Å²) in [6.45, 7) is 0.715. The second kappa shape index (κ2) is 12.2. The van der Waals surface area contributed by atoms with E-state index in [4.69, 9.17) is 44.3 Å². The molecule has 0 spiro atoms. The van der Waals surface area contributed by atoms with E-state index in [1.165, 1.54) is 0 Å². The number of benzene rings is 4. The van der Waals surface area contributed by atoms with Crippen LogP contribution in [0.4, 0.5) is 0 Å². The molecule has 1 atom stereocenters. The minimum atomic E-state index is -0.919. The van der Waals surface area contributed by atoms with Crippen LogP contribution in [0.1, 0.15) is 33.8 Å². The molecule has 9 heteroatoms. The SMILES string of the molecule is O=C(NCCc1ccc(Cl)cc1-c1ccccc1Cl)c1ccc(Oc2cc3c(cc2Cl)C(C(=O)O)CCO3)cc1. The van der Waals surface area contributed by atoms with Crippen LogP contribution in [-0.4, -0.2) is 30.1 Å². The third-order valence-electron chi connectivity index (χ3n) is 6.66. The third kappa shape index (κ3) is 6.20. The van der Waals surface area contributed by atoms with Crippen LogP contribution in [-0.2, 0) is 11.2 Å². The highest BCUT2D eigenvalue weighted by molar-refractivity contribution is 6.34. The molecule has 204 valence electrons. The van der Waals surface area contributed by atoms with Gasteiger partial charge in [-0.15, -0.1) is 0 Å². The summed E-state index contributed by atoms with van der Waals surface area (Å²) >= 11 is 19.0. The Morgan fingerprint density at radius 1 is 0.925 bits per heavy atom. The molecule has 40 heavy (non-hydrogen) atoms. The van der Waals surface area contributed by atoms with Crippen molar-refractivity contribution in [1.82, 2.24) is 5.32 Å². The van der Waals surface area contributed by atoms with E-state index in [0.717, 1.165) is 16.7 Å². The highest BCUT2D eigenvalue weighted by atomic mass is 35.5. The number of aliphatic carboxylic acids is 1. The Labute approximate surface area is 246 Å². The van der Waals surface area contributed by atoms with Crippen molar-refractivity contribution in [2.24, 2.45) is 0 Å². The minimum Gasteiger partial charge on any atom is -0.493 e. The zero-order valence-corrected chi connectivity index (χ0v) is 23.4. The van der Waals surface area contributed by atoms with E-state index >= 15 is 0 Å². The quantitative estimate of drug-likeness (QED) is 0.215. The summed E-state index contributed by atoms with van der Waals surface area (Å²) in [5.41, 5.74) is 3.83. The first-order valence-electron chi connectivity index (χ1n) is 12.6. The van der Waals surface area contributed by atoms with Gasteiger partial charge in [-0.2, -0.15) is 0 Å². The molecular weight excluding hydrogens is 573 g/mol. The van der Waals surface area contributed by atoms with E-state index < -0.39 is 11.9 Å². The maximum Gasteiger partial charge on any atom is 0.311 e. The van der Waals surface area contributed by atoms with Gasteiger partial charge in [-0.3, -0.25) is 9.59 Å². The Hall–Kier alpha value is -3.71. The maximum absolute atomic E-state index is 12.8. The number of carboxylic acid groups (broad SMARTS) is 1. The molecule has 0 aromatic heterocycles. The number of hydrogen-bond donors (Lipinski definition) is 2. The zero-order valence-electron chi connectivity index (χ0n) is 21.1. The van der Waals surface area contributed by atoms with Crippen LogP contribution in [0.25, 0.3) is 11.1 Å². The number of hydrogen-bond acceptors (Lipinski definition) is 4. The standard InChI is InChI=1S/C31H24Cl3NO5/c32-20-8-5-18(24(15-20)22-3-1-2-4-26(22)33)11-13-35-30(36)19-6-9-21(10-7-19)40-29-17-28-25(16-27(29)34)23(31(37)38)12-14-39-28/h1-10,15-17,23H,11-14H2,(H,35,36)(H,37,38). The lowest BCUT2D eigenvalue weighted by atomic mass is 9.93. The van der Waals surface area contributed by atoms with Gasteiger partial charge in [-0.25, -0.2) is 0 Å². The van der Waals surface area contributed by atoms with Crippen LogP contribution in [0, 0.1) is 0 Å². The monoisotopic (exact) mass is 595 g/mol. The van der Waals surface area contributed by atoms with Crippen molar-refractivity contribution in [2.45, 2.75) is 18.8 Å². The number of fused-ring (bicyclic) bond motifs is 1. The van der Waals surface area contributed by atoms with Crippen molar-refractivity contribution >= 4 is 46.7 Å². The Balaban J connectivity index is 1.22. The van der Waals surface area contributed by atoms with Crippen LogP contribution >= 0.6 is 34.8 Å². The fraction of sp³-hybridized carbons (Fsp3) is 0.161. The molecule has 0 fully saturated rings. The Kier molecular flexibility index (Phi) is 8.50. The first-order valence-corrected chi connectivity index (χ1v) is 13.7. The number of ether oxygens (including phenoxy) is 2. The maximum atomic E-state index is 12.8. The Bertz CT molecular complexity index is 1570. The molecule has 1 heterocycles. The first kappa shape index (κ1) is 27.8. The summed E-state index contributed by atoms with van der Waals surface area (Å²) in [7, 11) is 0. The number of carboxylic acids is 1. The molecule has 1 unspecified atom stereocenters. The smallest absolute Gasteiger partial charge is 0.311 e. The normalized spacial score (nSPS) is 14.1. The molecule has 2 N–H and O–H groups in total. The second-order valence-electron chi connectivity index (χ2n) is 9.26. The molecule has 4 aromatic carbocycles. The number of nitrogens with one attached hydrogen (secondary N) is 1. The van der Waals surface area contributed by atoms with Gasteiger partial charge in [0.25, 0.3) is 5.91 Å². The van der Waals surface area contributed by atoms with Crippen LogP contribution in [0.2, 0.25) is 15.1 Å². The number of rotatable bonds is 8. The predicted octanol–water partition coefficient (Wildman–Crippen LogP) is 8.03. The molecule has 0 saturated heterocycles. The van der Waals surface area contributed by atoms with Gasteiger partial charge in [-0.05, 0) is 72.5 Å². The van der Waals surface area contributed by atoms with Gasteiger partial charge in [0.1, 0.15) is 17.2 Å². The van der Waals surface area contributed by atoms with Gasteiger partial charge < -0.3 is 19.9 Å². The van der Waals surface area contributed by atoms with Crippen molar-refractivity contribution in [2.75, 3.05) is 13.2 Å². The molecule has 0 radical (unpaired) electrons. The van der Waals surface area contributed by atoms with E-state index in [2.05, 4.69) is 5.32 Å². The van der Waals surface area contributed by atoms with Crippen molar-refractivity contribution in [3.05, 3.63) is 111 Å². The van der Waals surface area contributed by atoms with Crippen molar-refractivity contribution in [3.63, 3.8) is 0 Å². The molecule has 6 nitrogen and oxygen atoms in total. The van der Waals surface area contributed by atoms with Gasteiger partial charge in [0.15, 0.2) is 0 Å². The van der Waals surface area contributed by atoms with Gasteiger partial charge in [0, 0.05) is 39.3 Å². The number of carbonyl (C=O) groups excluding carboxylic acids is 1. The van der Waals surface area contributed by atoms with Crippen molar-refractivity contribution < 1.29 is 24.2 Å². The second-order valence-corrected chi connectivity index (χ2v) is 10.5. The fourth-order valence-electron chi connectivity index (χ4n) is 4.64. The highest BCUT2D eigenvalue weighted by Crippen LogP contribution is 2.42. The molecule has 1 amide bonds. The first-order chi connectivity index (χ1) is 19.3. The summed E-state index contributed by atoms with van der Waals surface area (Å²) in [6, 6.07) is 23.0. The minimum absolute atomic E-state index is 0.222. The molecular formula is C31H24Cl3NO5. The zero-order chi connectivity index (χ0) is 28.2. The summed E-state index contributed by atoms with van der Waals surface area (Å²) in [5, 5.41) is 13.9. The molecule has 5 rings (SSSR count). The highest BCUT2D eigenvalue weighted by Gasteiger charge is 2.29. The van der Waals surface area contributed by atoms with Gasteiger partial charge >= 0.3 is 5.97 Å². The lowest BCUT2D eigenvalue weighted by molar-refractivity contribution is -0.139. The molecule has 0 bridgehead atoms. The van der Waals surface area contributed by atoms with Crippen LogP contribution in [0.15, 0.2) is 78.9 Å². The molecule has 0 saturated carbocycles. The average Bonchev–Trinajstić information content (AvgIpc) is 2.94. The van der Waals surface area contributed by atoms with E-state index in [-0.39, 0.29) is 10.9 Å². The topological polar surface area (TPSA) is 84.9 Å². The van der Waals surface area contributed by atoms with Gasteiger partial charge in [0.05, 0.1) is 17.5 Å². The summed E-state index contributed by atoms with van der Waals surface area (Å²) in [6.07, 6.45) is 0.969. The fourth-order valence-corrected chi connectivity index (χ4v) is 5.26. The number of halogens is 3. The lowest BCUT2D eigenvalue weighted by Gasteiger charge is -2.24. The summed E-state index contributed by atoms with van der Waals surface area (Å²) in [4.78, 5) is 24.3. The van der Waals surface area contributed by atoms with Gasteiger partial charge in [-0.1, -0.05) is 59.1 Å². The lowest BCUT2D eigenvalue weighted by Crippen LogP contribution is -2.25.